The first-order valence-electron chi connectivity index (χ1n) is 12.0. The minimum Gasteiger partial charge on any atom is -0.497 e. The van der Waals surface area contributed by atoms with Gasteiger partial charge in [-0.05, 0) is 42.5 Å². The van der Waals surface area contributed by atoms with Crippen molar-refractivity contribution in [2.75, 3.05) is 12.4 Å². The molecule has 5 aromatic rings. The van der Waals surface area contributed by atoms with Crippen molar-refractivity contribution in [2.45, 2.75) is 13.0 Å². The third kappa shape index (κ3) is 4.19. The van der Waals surface area contributed by atoms with E-state index >= 15 is 4.39 Å². The summed E-state index contributed by atoms with van der Waals surface area (Å²) in [4.78, 5) is 47.2. The standard InChI is InChI=1S/C28H20FN5O5/c1-38-18-3-4-19-21(15-18)31-12-8-22(19)39-23-5-2-17(14-20(23)29)32-27(36)25-26(16-6-10-30-11-7-16)34-24(35)9-13-33(34)28(25)37/h2-8,10-12,14-15H,9,13H2,1H3,(H,32,36). The van der Waals surface area contributed by atoms with Crippen LogP contribution in [0.2, 0.25) is 0 Å². The van der Waals surface area contributed by atoms with Crippen LogP contribution in [0, 0.1) is 5.82 Å². The highest BCUT2D eigenvalue weighted by Crippen LogP contribution is 2.33. The molecular weight excluding hydrogens is 505 g/mol. The van der Waals surface area contributed by atoms with E-state index in [1.54, 1.807) is 49.7 Å². The number of fused-ring (bicyclic) bond motifs is 2. The number of amides is 1. The molecular formula is C28H20FN5O5. The summed E-state index contributed by atoms with van der Waals surface area (Å²) in [6.07, 6.45) is 4.70. The van der Waals surface area contributed by atoms with Gasteiger partial charge in [0, 0.05) is 53.8 Å². The normalized spacial score (nSPS) is 12.4. The van der Waals surface area contributed by atoms with Crippen LogP contribution in [-0.4, -0.2) is 38.3 Å². The lowest BCUT2D eigenvalue weighted by molar-refractivity contribution is 0.0918. The lowest BCUT2D eigenvalue weighted by Gasteiger charge is -2.12. The van der Waals surface area contributed by atoms with Crippen LogP contribution in [0.4, 0.5) is 10.1 Å². The van der Waals surface area contributed by atoms with E-state index in [4.69, 9.17) is 9.47 Å². The topological polar surface area (TPSA) is 117 Å². The van der Waals surface area contributed by atoms with Gasteiger partial charge in [-0.1, -0.05) is 0 Å². The van der Waals surface area contributed by atoms with Crippen LogP contribution < -0.4 is 20.3 Å². The zero-order valence-corrected chi connectivity index (χ0v) is 20.6. The number of benzene rings is 2. The molecule has 10 nitrogen and oxygen atoms in total. The molecule has 39 heavy (non-hydrogen) atoms. The van der Waals surface area contributed by atoms with E-state index in [9.17, 15) is 14.4 Å². The zero-order valence-electron chi connectivity index (χ0n) is 20.6. The highest BCUT2D eigenvalue weighted by Gasteiger charge is 2.32. The summed E-state index contributed by atoms with van der Waals surface area (Å²) in [7, 11) is 1.55. The maximum Gasteiger partial charge on any atom is 0.280 e. The predicted octanol–water partition coefficient (Wildman–Crippen LogP) is 4.50. The van der Waals surface area contributed by atoms with E-state index in [-0.39, 0.29) is 41.6 Å². The van der Waals surface area contributed by atoms with Gasteiger partial charge in [0.2, 0.25) is 5.91 Å². The van der Waals surface area contributed by atoms with E-state index < -0.39 is 17.3 Å². The van der Waals surface area contributed by atoms with Crippen molar-refractivity contribution < 1.29 is 23.5 Å². The van der Waals surface area contributed by atoms with E-state index in [1.807, 2.05) is 0 Å². The van der Waals surface area contributed by atoms with Gasteiger partial charge in [0.1, 0.15) is 17.1 Å². The average Bonchev–Trinajstić information content (AvgIpc) is 3.47. The third-order valence-electron chi connectivity index (χ3n) is 6.41. The number of aromatic nitrogens is 4. The van der Waals surface area contributed by atoms with Crippen LogP contribution in [-0.2, 0) is 6.54 Å². The number of pyridine rings is 2. The van der Waals surface area contributed by atoms with Gasteiger partial charge in [-0.2, -0.15) is 0 Å². The molecule has 0 saturated carbocycles. The molecule has 0 spiro atoms. The molecule has 1 aliphatic heterocycles. The average molecular weight is 525 g/mol. The Hall–Kier alpha value is -5.32. The van der Waals surface area contributed by atoms with Crippen LogP contribution in [0.25, 0.3) is 22.2 Å². The van der Waals surface area contributed by atoms with Gasteiger partial charge in [-0.3, -0.25) is 24.4 Å². The van der Waals surface area contributed by atoms with Crippen molar-refractivity contribution >= 4 is 28.4 Å². The minimum absolute atomic E-state index is 0.0673. The number of nitrogens with one attached hydrogen (secondary N) is 1. The lowest BCUT2D eigenvalue weighted by atomic mass is 10.1. The number of halogens is 1. The van der Waals surface area contributed by atoms with Crippen molar-refractivity contribution in [1.29, 1.82) is 0 Å². The Morgan fingerprint density at radius 1 is 1.00 bits per heavy atom. The molecule has 1 aliphatic rings. The number of methoxy groups -OCH3 is 1. The number of carbonyl (C=O) groups is 2. The third-order valence-corrected chi connectivity index (χ3v) is 6.41. The van der Waals surface area contributed by atoms with Crippen LogP contribution in [0.3, 0.4) is 0 Å². The largest absolute Gasteiger partial charge is 0.497 e. The molecule has 194 valence electrons. The SMILES string of the molecule is COc1ccc2c(Oc3ccc(NC(=O)c4c(-c5ccncc5)n5n(c4=O)CCC5=O)cc3F)ccnc2c1. The molecule has 0 aliphatic carbocycles. The highest BCUT2D eigenvalue weighted by atomic mass is 19.1. The van der Waals surface area contributed by atoms with Crippen molar-refractivity contribution in [3.05, 3.63) is 94.9 Å². The van der Waals surface area contributed by atoms with Gasteiger partial charge >= 0.3 is 0 Å². The molecule has 0 radical (unpaired) electrons. The minimum atomic E-state index is -0.767. The molecule has 0 saturated heterocycles. The second-order valence-electron chi connectivity index (χ2n) is 8.74. The van der Waals surface area contributed by atoms with E-state index in [0.29, 0.717) is 28.0 Å². The van der Waals surface area contributed by atoms with E-state index in [0.717, 1.165) is 6.07 Å². The summed E-state index contributed by atoms with van der Waals surface area (Å²) in [5.41, 5.74) is 0.560. The molecule has 0 bridgehead atoms. The highest BCUT2D eigenvalue weighted by molar-refractivity contribution is 6.09. The first-order chi connectivity index (χ1) is 18.9. The Kier molecular flexibility index (Phi) is 5.87. The number of anilines is 1. The molecule has 2 aromatic carbocycles. The molecule has 3 aromatic heterocycles. The van der Waals surface area contributed by atoms with Crippen LogP contribution in [0.5, 0.6) is 17.2 Å². The van der Waals surface area contributed by atoms with Gasteiger partial charge < -0.3 is 14.8 Å². The van der Waals surface area contributed by atoms with Gasteiger partial charge in [-0.25, -0.2) is 13.8 Å². The second kappa shape index (κ2) is 9.53. The fourth-order valence-electron chi connectivity index (χ4n) is 4.59. The summed E-state index contributed by atoms with van der Waals surface area (Å²) in [6, 6.07) is 14.0. The summed E-state index contributed by atoms with van der Waals surface area (Å²) in [5.74, 6) is -0.845. The molecule has 6 rings (SSSR count). The fraction of sp³-hybridized carbons (Fsp3) is 0.107. The van der Waals surface area contributed by atoms with E-state index in [1.165, 1.54) is 33.9 Å². The van der Waals surface area contributed by atoms with Crippen LogP contribution in [0.15, 0.2) is 78.0 Å². The Morgan fingerprint density at radius 2 is 1.82 bits per heavy atom. The molecule has 0 atom stereocenters. The summed E-state index contributed by atoms with van der Waals surface area (Å²) < 4.78 is 28.6. The number of ether oxygens (including phenoxy) is 2. The van der Waals surface area contributed by atoms with Crippen molar-refractivity contribution in [1.82, 2.24) is 19.3 Å². The maximum atomic E-state index is 15.1. The second-order valence-corrected chi connectivity index (χ2v) is 8.74. The molecule has 4 heterocycles. The lowest BCUT2D eigenvalue weighted by Crippen LogP contribution is -2.24. The van der Waals surface area contributed by atoms with Crippen LogP contribution in [0.1, 0.15) is 21.6 Å². The Morgan fingerprint density at radius 3 is 2.59 bits per heavy atom. The molecule has 1 N–H and O–H groups in total. The van der Waals surface area contributed by atoms with Crippen molar-refractivity contribution in [3.63, 3.8) is 0 Å². The zero-order chi connectivity index (χ0) is 27.1. The summed E-state index contributed by atoms with van der Waals surface area (Å²) in [6.45, 7) is 0.167. The predicted molar refractivity (Wildman–Crippen MR) is 140 cm³/mol. The van der Waals surface area contributed by atoms with Crippen molar-refractivity contribution in [3.8, 4) is 28.5 Å². The maximum absolute atomic E-state index is 15.1. The Labute approximate surface area is 220 Å². The number of hydrogen-bond donors (Lipinski definition) is 1. The fourth-order valence-corrected chi connectivity index (χ4v) is 4.59. The first kappa shape index (κ1) is 24.0. The number of carbonyl (C=O) groups excluding carboxylic acids is 2. The quantitative estimate of drug-likeness (QED) is 0.347. The first-order valence-corrected chi connectivity index (χ1v) is 12.0. The number of nitrogens with zero attached hydrogens (tertiary/aromatic N) is 4. The van der Waals surface area contributed by atoms with Gasteiger partial charge in [-0.15, -0.1) is 0 Å². The van der Waals surface area contributed by atoms with Crippen molar-refractivity contribution in [2.24, 2.45) is 0 Å². The van der Waals surface area contributed by atoms with Gasteiger partial charge in [0.05, 0.1) is 24.9 Å². The summed E-state index contributed by atoms with van der Waals surface area (Å²) in [5, 5.41) is 3.24. The van der Waals surface area contributed by atoms with E-state index in [2.05, 4.69) is 15.3 Å². The Balaban J connectivity index is 1.30. The van der Waals surface area contributed by atoms with Gasteiger partial charge in [0.15, 0.2) is 11.6 Å². The smallest absolute Gasteiger partial charge is 0.280 e. The molecule has 11 heteroatoms. The summed E-state index contributed by atoms with van der Waals surface area (Å²) >= 11 is 0. The Bertz CT molecular complexity index is 1830. The monoisotopic (exact) mass is 525 g/mol. The molecule has 0 unspecified atom stereocenters. The number of hydrogen-bond acceptors (Lipinski definition) is 7. The van der Waals surface area contributed by atoms with Gasteiger partial charge in [0.25, 0.3) is 11.5 Å². The number of rotatable bonds is 6. The molecule has 1 amide bonds. The van der Waals surface area contributed by atoms with Crippen LogP contribution >= 0.6 is 0 Å². The molecule has 0 fully saturated rings.